The number of para-hydroxylation sites is 1. The van der Waals surface area contributed by atoms with Gasteiger partial charge >= 0.3 is 5.69 Å². The van der Waals surface area contributed by atoms with Crippen molar-refractivity contribution < 1.29 is 4.79 Å². The number of hydrogen-bond donors (Lipinski definition) is 1. The van der Waals surface area contributed by atoms with E-state index in [1.54, 1.807) is 4.57 Å². The molecule has 0 atom stereocenters. The molecule has 0 fully saturated rings. The third-order valence-electron chi connectivity index (χ3n) is 5.49. The molecular weight excluding hydrogens is 362 g/mol. The van der Waals surface area contributed by atoms with Gasteiger partial charge in [-0.1, -0.05) is 48.5 Å². The molecular formula is C24H21N3O2. The van der Waals surface area contributed by atoms with E-state index in [4.69, 9.17) is 0 Å². The Labute approximate surface area is 168 Å². The van der Waals surface area contributed by atoms with Crippen molar-refractivity contribution in [1.29, 1.82) is 0 Å². The van der Waals surface area contributed by atoms with Gasteiger partial charge in [-0.05, 0) is 53.8 Å². The van der Waals surface area contributed by atoms with Crippen molar-refractivity contribution in [2.75, 3.05) is 5.32 Å². The molecule has 5 rings (SSSR count). The molecule has 1 aliphatic heterocycles. The average molecular weight is 383 g/mol. The maximum absolute atomic E-state index is 13.1. The van der Waals surface area contributed by atoms with Crippen molar-refractivity contribution in [3.05, 3.63) is 88.8 Å². The van der Waals surface area contributed by atoms with E-state index in [-0.39, 0.29) is 18.1 Å². The Kier molecular flexibility index (Phi) is 4.28. The van der Waals surface area contributed by atoms with Crippen LogP contribution in [0.15, 0.2) is 77.6 Å². The lowest BCUT2D eigenvalue weighted by Crippen LogP contribution is -2.30. The number of nitrogens with one attached hydrogen (secondary N) is 1. The summed E-state index contributed by atoms with van der Waals surface area (Å²) in [6.07, 6.45) is 1.87. The SMILES string of the molecule is O=C(Cn1c(=O)n2c3c(cc(-c4ccccc4)cc31)CCC2)Nc1ccccc1. The molecule has 5 heteroatoms. The Morgan fingerprint density at radius 1 is 0.931 bits per heavy atom. The first kappa shape index (κ1) is 17.5. The number of benzene rings is 3. The van der Waals surface area contributed by atoms with E-state index < -0.39 is 0 Å². The van der Waals surface area contributed by atoms with Crippen LogP contribution in [0, 0.1) is 0 Å². The van der Waals surface area contributed by atoms with Crippen molar-refractivity contribution in [3.8, 4) is 11.1 Å². The van der Waals surface area contributed by atoms with Crippen molar-refractivity contribution >= 4 is 22.6 Å². The fraction of sp³-hybridized carbons (Fsp3) is 0.167. The minimum atomic E-state index is -0.205. The molecule has 2 heterocycles. The zero-order valence-electron chi connectivity index (χ0n) is 16.0. The summed E-state index contributed by atoms with van der Waals surface area (Å²) in [6, 6.07) is 23.7. The first-order valence-electron chi connectivity index (χ1n) is 9.87. The van der Waals surface area contributed by atoms with Gasteiger partial charge < -0.3 is 5.32 Å². The van der Waals surface area contributed by atoms with Gasteiger partial charge in [-0.25, -0.2) is 4.79 Å². The second kappa shape index (κ2) is 7.09. The normalized spacial score (nSPS) is 12.8. The number of carbonyl (C=O) groups excluding carboxylic acids is 1. The Hall–Kier alpha value is -3.60. The van der Waals surface area contributed by atoms with E-state index in [2.05, 4.69) is 23.5 Å². The summed E-state index contributed by atoms with van der Waals surface area (Å²) in [5.74, 6) is -0.205. The summed E-state index contributed by atoms with van der Waals surface area (Å²) in [5, 5.41) is 2.88. The molecule has 1 aromatic heterocycles. The van der Waals surface area contributed by atoms with Gasteiger partial charge in [-0.2, -0.15) is 0 Å². The van der Waals surface area contributed by atoms with Crippen LogP contribution in [0.4, 0.5) is 5.69 Å². The Morgan fingerprint density at radius 3 is 2.41 bits per heavy atom. The molecule has 4 aromatic rings. The summed E-state index contributed by atoms with van der Waals surface area (Å²) in [4.78, 5) is 25.7. The number of imidazole rings is 1. The smallest absolute Gasteiger partial charge is 0.325 e. The van der Waals surface area contributed by atoms with E-state index in [1.165, 1.54) is 5.56 Å². The molecule has 1 amide bonds. The van der Waals surface area contributed by atoms with E-state index in [0.29, 0.717) is 6.54 Å². The van der Waals surface area contributed by atoms with Crippen LogP contribution in [0.5, 0.6) is 0 Å². The number of aromatic nitrogens is 2. The largest absolute Gasteiger partial charge is 0.329 e. The van der Waals surface area contributed by atoms with Crippen LogP contribution in [0.25, 0.3) is 22.2 Å². The van der Waals surface area contributed by atoms with E-state index in [9.17, 15) is 9.59 Å². The van der Waals surface area contributed by atoms with Gasteiger partial charge in [-0.3, -0.25) is 13.9 Å². The summed E-state index contributed by atoms with van der Waals surface area (Å²) in [5.41, 5.74) is 5.76. The lowest BCUT2D eigenvalue weighted by atomic mass is 9.97. The third-order valence-corrected chi connectivity index (χ3v) is 5.49. The number of hydrogen-bond acceptors (Lipinski definition) is 2. The van der Waals surface area contributed by atoms with E-state index in [1.807, 2.05) is 59.2 Å². The predicted octanol–water partition coefficient (Wildman–Crippen LogP) is 4.05. The number of anilines is 1. The summed E-state index contributed by atoms with van der Waals surface area (Å²) in [6.45, 7) is 0.690. The summed E-state index contributed by atoms with van der Waals surface area (Å²) < 4.78 is 3.42. The zero-order valence-corrected chi connectivity index (χ0v) is 16.0. The lowest BCUT2D eigenvalue weighted by Gasteiger charge is -2.15. The molecule has 1 aliphatic rings. The Balaban J connectivity index is 1.60. The first-order valence-corrected chi connectivity index (χ1v) is 9.87. The van der Waals surface area contributed by atoms with Crippen LogP contribution in [0.1, 0.15) is 12.0 Å². The molecule has 5 nitrogen and oxygen atoms in total. The highest BCUT2D eigenvalue weighted by Gasteiger charge is 2.22. The molecule has 0 bridgehead atoms. The summed E-state index contributed by atoms with van der Waals surface area (Å²) in [7, 11) is 0. The predicted molar refractivity (Wildman–Crippen MR) is 115 cm³/mol. The molecule has 0 radical (unpaired) electrons. The van der Waals surface area contributed by atoms with Crippen LogP contribution in [-0.2, 0) is 24.3 Å². The molecule has 1 N–H and O–H groups in total. The highest BCUT2D eigenvalue weighted by Crippen LogP contribution is 2.30. The van der Waals surface area contributed by atoms with Crippen LogP contribution >= 0.6 is 0 Å². The number of rotatable bonds is 4. The number of nitrogens with zero attached hydrogens (tertiary/aromatic N) is 2. The zero-order chi connectivity index (χ0) is 19.8. The molecule has 0 saturated carbocycles. The van der Waals surface area contributed by atoms with Gasteiger partial charge in [0.1, 0.15) is 6.54 Å². The van der Waals surface area contributed by atoms with Gasteiger partial charge in [0.25, 0.3) is 0 Å². The van der Waals surface area contributed by atoms with Crippen molar-refractivity contribution in [3.63, 3.8) is 0 Å². The highest BCUT2D eigenvalue weighted by molar-refractivity contribution is 5.92. The number of amides is 1. The van der Waals surface area contributed by atoms with Crippen molar-refractivity contribution in [2.45, 2.75) is 25.9 Å². The highest BCUT2D eigenvalue weighted by atomic mass is 16.2. The Bertz CT molecular complexity index is 1250. The van der Waals surface area contributed by atoms with Crippen molar-refractivity contribution in [2.24, 2.45) is 0 Å². The molecule has 0 unspecified atom stereocenters. The fourth-order valence-corrected chi connectivity index (χ4v) is 4.18. The molecule has 0 aliphatic carbocycles. The van der Waals surface area contributed by atoms with Crippen LogP contribution in [0.3, 0.4) is 0 Å². The van der Waals surface area contributed by atoms with Crippen LogP contribution in [0.2, 0.25) is 0 Å². The first-order chi connectivity index (χ1) is 14.2. The van der Waals surface area contributed by atoms with E-state index in [0.717, 1.165) is 40.7 Å². The van der Waals surface area contributed by atoms with Gasteiger partial charge in [0.05, 0.1) is 11.0 Å². The quantitative estimate of drug-likeness (QED) is 0.578. The second-order valence-electron chi connectivity index (χ2n) is 7.41. The molecule has 0 saturated heterocycles. The van der Waals surface area contributed by atoms with E-state index >= 15 is 0 Å². The van der Waals surface area contributed by atoms with Crippen LogP contribution < -0.4 is 11.0 Å². The fourth-order valence-electron chi connectivity index (χ4n) is 4.18. The minimum Gasteiger partial charge on any atom is -0.325 e. The topological polar surface area (TPSA) is 56.0 Å². The molecule has 0 spiro atoms. The third kappa shape index (κ3) is 3.14. The maximum atomic E-state index is 13.1. The summed E-state index contributed by atoms with van der Waals surface area (Å²) >= 11 is 0. The minimum absolute atomic E-state index is 0.00505. The second-order valence-corrected chi connectivity index (χ2v) is 7.41. The maximum Gasteiger partial charge on any atom is 0.329 e. The van der Waals surface area contributed by atoms with Crippen molar-refractivity contribution in [1.82, 2.24) is 9.13 Å². The standard InChI is InChI=1S/C24H21N3O2/c28-22(25-20-11-5-2-6-12-20)16-27-21-15-19(17-8-3-1-4-9-17)14-18-10-7-13-26(23(18)21)24(27)29/h1-6,8-9,11-12,14-15H,7,10,13,16H2,(H,25,28). The molecule has 3 aromatic carbocycles. The number of aryl methyl sites for hydroxylation is 2. The Morgan fingerprint density at radius 2 is 1.66 bits per heavy atom. The average Bonchev–Trinajstić information content (AvgIpc) is 3.02. The molecule has 29 heavy (non-hydrogen) atoms. The van der Waals surface area contributed by atoms with Crippen LogP contribution in [-0.4, -0.2) is 15.0 Å². The number of carbonyl (C=O) groups is 1. The van der Waals surface area contributed by atoms with Gasteiger partial charge in [0.2, 0.25) is 5.91 Å². The van der Waals surface area contributed by atoms with Gasteiger partial charge in [-0.15, -0.1) is 0 Å². The lowest BCUT2D eigenvalue weighted by molar-refractivity contribution is -0.116. The monoisotopic (exact) mass is 383 g/mol. The van der Waals surface area contributed by atoms with Gasteiger partial charge in [0.15, 0.2) is 0 Å². The van der Waals surface area contributed by atoms with Gasteiger partial charge in [0, 0.05) is 12.2 Å². The molecule has 144 valence electrons.